The summed E-state index contributed by atoms with van der Waals surface area (Å²) in [4.78, 5) is 15.3. The van der Waals surface area contributed by atoms with E-state index in [0.29, 0.717) is 11.5 Å². The van der Waals surface area contributed by atoms with Crippen LogP contribution in [0.1, 0.15) is 21.6 Å². The second kappa shape index (κ2) is 5.61. The lowest BCUT2D eigenvalue weighted by Crippen LogP contribution is -2.02. The summed E-state index contributed by atoms with van der Waals surface area (Å²) in [6.45, 7) is 3.70. The van der Waals surface area contributed by atoms with E-state index in [0.717, 1.165) is 17.0 Å². The van der Waals surface area contributed by atoms with Crippen molar-refractivity contribution < 1.29 is 14.6 Å². The number of aromatic carboxylic acids is 1. The summed E-state index contributed by atoms with van der Waals surface area (Å²) in [5.74, 6) is 0.343. The molecule has 0 amide bonds. The van der Waals surface area contributed by atoms with Crippen LogP contribution in [0.2, 0.25) is 0 Å². The summed E-state index contributed by atoms with van der Waals surface area (Å²) in [6.07, 6.45) is 0. The molecule has 5 nitrogen and oxygen atoms in total. The van der Waals surface area contributed by atoms with Crippen LogP contribution in [-0.4, -0.2) is 23.2 Å². The third kappa shape index (κ3) is 3.06. The first-order chi connectivity index (χ1) is 9.49. The van der Waals surface area contributed by atoms with E-state index in [1.54, 1.807) is 14.0 Å². The molecule has 2 N–H and O–H groups in total. The maximum Gasteiger partial charge on any atom is 0.335 e. The van der Waals surface area contributed by atoms with Gasteiger partial charge >= 0.3 is 5.97 Å². The first kappa shape index (κ1) is 13.9. The van der Waals surface area contributed by atoms with Crippen molar-refractivity contribution in [3.63, 3.8) is 0 Å². The smallest absolute Gasteiger partial charge is 0.335 e. The first-order valence-corrected chi connectivity index (χ1v) is 6.13. The highest BCUT2D eigenvalue weighted by molar-refractivity contribution is 5.88. The summed E-state index contributed by atoms with van der Waals surface area (Å²) < 4.78 is 5.20. The minimum absolute atomic E-state index is 0.213. The molecule has 0 unspecified atom stereocenters. The Kier molecular flexibility index (Phi) is 3.89. The Bertz CT molecular complexity index is 654. The van der Waals surface area contributed by atoms with E-state index in [9.17, 15) is 4.79 Å². The monoisotopic (exact) mass is 272 g/mol. The molecular weight excluding hydrogens is 256 g/mol. The first-order valence-electron chi connectivity index (χ1n) is 6.13. The second-order valence-electron chi connectivity index (χ2n) is 4.50. The molecular formula is C15H16N2O3. The van der Waals surface area contributed by atoms with Gasteiger partial charge in [-0.15, -0.1) is 0 Å². The summed E-state index contributed by atoms with van der Waals surface area (Å²) in [5, 5.41) is 12.1. The van der Waals surface area contributed by atoms with Gasteiger partial charge in [0.05, 0.1) is 12.7 Å². The van der Waals surface area contributed by atoms with Crippen molar-refractivity contribution in [1.82, 2.24) is 4.98 Å². The van der Waals surface area contributed by atoms with Gasteiger partial charge in [-0.3, -0.25) is 0 Å². The molecule has 0 radical (unpaired) electrons. The maximum atomic E-state index is 11.0. The van der Waals surface area contributed by atoms with Gasteiger partial charge in [-0.1, -0.05) is 0 Å². The van der Waals surface area contributed by atoms with Crippen LogP contribution in [0.3, 0.4) is 0 Å². The Morgan fingerprint density at radius 3 is 2.60 bits per heavy atom. The van der Waals surface area contributed by atoms with Gasteiger partial charge in [0.15, 0.2) is 0 Å². The Balaban J connectivity index is 2.30. The highest BCUT2D eigenvalue weighted by Gasteiger charge is 2.07. The number of hydrogen-bond donors (Lipinski definition) is 2. The Morgan fingerprint density at radius 2 is 2.00 bits per heavy atom. The van der Waals surface area contributed by atoms with Crippen molar-refractivity contribution in [2.45, 2.75) is 13.8 Å². The number of anilines is 2. The van der Waals surface area contributed by atoms with E-state index in [2.05, 4.69) is 10.3 Å². The van der Waals surface area contributed by atoms with E-state index < -0.39 is 5.97 Å². The number of aromatic nitrogens is 1. The molecule has 0 aliphatic carbocycles. The highest BCUT2D eigenvalue weighted by atomic mass is 16.5. The van der Waals surface area contributed by atoms with Gasteiger partial charge in [-0.2, -0.15) is 0 Å². The van der Waals surface area contributed by atoms with Crippen LogP contribution in [0.25, 0.3) is 0 Å². The van der Waals surface area contributed by atoms with Crippen LogP contribution in [-0.2, 0) is 0 Å². The van der Waals surface area contributed by atoms with E-state index >= 15 is 0 Å². The van der Waals surface area contributed by atoms with Gasteiger partial charge in [-0.05, 0) is 49.7 Å². The standard InChI is InChI=1S/C15H16N2O3/c1-9-6-12(4-5-13(9)20-3)17-14-8-11(15(18)19)7-10(2)16-14/h4-8H,1-3H3,(H,16,17)(H,18,19). The van der Waals surface area contributed by atoms with Crippen molar-refractivity contribution in [2.75, 3.05) is 12.4 Å². The molecule has 1 heterocycles. The van der Waals surface area contributed by atoms with Crippen molar-refractivity contribution in [3.8, 4) is 5.75 Å². The molecule has 1 aromatic heterocycles. The van der Waals surface area contributed by atoms with Gasteiger partial charge in [0.2, 0.25) is 0 Å². The predicted octanol–water partition coefficient (Wildman–Crippen LogP) is 3.15. The van der Waals surface area contributed by atoms with Crippen LogP contribution in [0.5, 0.6) is 5.75 Å². The summed E-state index contributed by atoms with van der Waals surface area (Å²) >= 11 is 0. The van der Waals surface area contributed by atoms with Gasteiger partial charge in [-0.25, -0.2) is 9.78 Å². The van der Waals surface area contributed by atoms with Crippen molar-refractivity contribution in [2.24, 2.45) is 0 Å². The number of hydrogen-bond acceptors (Lipinski definition) is 4. The van der Waals surface area contributed by atoms with Gasteiger partial charge in [0, 0.05) is 11.4 Å². The Morgan fingerprint density at radius 1 is 1.25 bits per heavy atom. The fourth-order valence-corrected chi connectivity index (χ4v) is 1.96. The lowest BCUT2D eigenvalue weighted by Gasteiger charge is -2.10. The Labute approximate surface area is 117 Å². The SMILES string of the molecule is COc1ccc(Nc2cc(C(=O)O)cc(C)n2)cc1C. The number of carbonyl (C=O) groups is 1. The molecule has 104 valence electrons. The fraction of sp³-hybridized carbons (Fsp3) is 0.200. The number of aryl methyl sites for hydroxylation is 2. The second-order valence-corrected chi connectivity index (χ2v) is 4.50. The van der Waals surface area contributed by atoms with Crippen molar-refractivity contribution >= 4 is 17.5 Å². The van der Waals surface area contributed by atoms with E-state index in [1.165, 1.54) is 12.1 Å². The molecule has 2 rings (SSSR count). The van der Waals surface area contributed by atoms with E-state index in [4.69, 9.17) is 9.84 Å². The van der Waals surface area contributed by atoms with Crippen LogP contribution in [0.15, 0.2) is 30.3 Å². The fourth-order valence-electron chi connectivity index (χ4n) is 1.96. The molecule has 0 aliphatic rings. The lowest BCUT2D eigenvalue weighted by atomic mass is 10.2. The number of carboxylic acids is 1. The molecule has 0 spiro atoms. The molecule has 1 aromatic carbocycles. The zero-order chi connectivity index (χ0) is 14.7. The van der Waals surface area contributed by atoms with E-state index in [-0.39, 0.29) is 5.56 Å². The number of rotatable bonds is 4. The molecule has 0 fully saturated rings. The number of nitrogens with zero attached hydrogens (tertiary/aromatic N) is 1. The summed E-state index contributed by atoms with van der Waals surface area (Å²) in [7, 11) is 1.62. The average molecular weight is 272 g/mol. The molecule has 0 aliphatic heterocycles. The number of nitrogens with one attached hydrogen (secondary N) is 1. The summed E-state index contributed by atoms with van der Waals surface area (Å²) in [5.41, 5.74) is 2.68. The third-order valence-corrected chi connectivity index (χ3v) is 2.87. The van der Waals surface area contributed by atoms with Crippen molar-refractivity contribution in [3.05, 3.63) is 47.2 Å². The molecule has 5 heteroatoms. The highest BCUT2D eigenvalue weighted by Crippen LogP contribution is 2.24. The zero-order valence-electron chi connectivity index (χ0n) is 11.6. The lowest BCUT2D eigenvalue weighted by molar-refractivity contribution is 0.0696. The predicted molar refractivity (Wildman–Crippen MR) is 76.9 cm³/mol. The number of benzene rings is 1. The summed E-state index contributed by atoms with van der Waals surface area (Å²) in [6, 6.07) is 8.67. The largest absolute Gasteiger partial charge is 0.496 e. The van der Waals surface area contributed by atoms with Gasteiger partial charge in [0.1, 0.15) is 11.6 Å². The zero-order valence-corrected chi connectivity index (χ0v) is 11.6. The van der Waals surface area contributed by atoms with Gasteiger partial charge < -0.3 is 15.2 Å². The number of pyridine rings is 1. The van der Waals surface area contributed by atoms with Gasteiger partial charge in [0.25, 0.3) is 0 Å². The number of ether oxygens (including phenoxy) is 1. The quantitative estimate of drug-likeness (QED) is 0.894. The van der Waals surface area contributed by atoms with Crippen LogP contribution < -0.4 is 10.1 Å². The molecule has 0 saturated heterocycles. The number of carboxylic acid groups (broad SMARTS) is 1. The third-order valence-electron chi connectivity index (χ3n) is 2.87. The van der Waals surface area contributed by atoms with E-state index in [1.807, 2.05) is 25.1 Å². The maximum absolute atomic E-state index is 11.0. The topological polar surface area (TPSA) is 71.5 Å². The minimum Gasteiger partial charge on any atom is -0.496 e. The average Bonchev–Trinajstić information content (AvgIpc) is 2.38. The molecule has 2 aromatic rings. The number of methoxy groups -OCH3 is 1. The Hall–Kier alpha value is -2.56. The van der Waals surface area contributed by atoms with Crippen LogP contribution in [0.4, 0.5) is 11.5 Å². The normalized spacial score (nSPS) is 10.2. The molecule has 0 atom stereocenters. The molecule has 20 heavy (non-hydrogen) atoms. The molecule has 0 bridgehead atoms. The van der Waals surface area contributed by atoms with Crippen molar-refractivity contribution in [1.29, 1.82) is 0 Å². The molecule has 0 saturated carbocycles. The van der Waals surface area contributed by atoms with Crippen LogP contribution in [0, 0.1) is 13.8 Å². The minimum atomic E-state index is -0.968. The van der Waals surface area contributed by atoms with Crippen LogP contribution >= 0.6 is 0 Å².